The van der Waals surface area contributed by atoms with Gasteiger partial charge in [-0.05, 0) is 54.6 Å². The topological polar surface area (TPSA) is 73.3 Å². The maximum atomic E-state index is 13.0. The third-order valence-corrected chi connectivity index (χ3v) is 4.43. The molecule has 6 nitrogen and oxygen atoms in total. The smallest absolute Gasteiger partial charge is 0.255 e. The molecule has 0 fully saturated rings. The zero-order valence-electron chi connectivity index (χ0n) is 16.6. The molecular weight excluding hydrogens is 397 g/mol. The number of nitrogens with one attached hydrogen (secondary N) is 1. The summed E-state index contributed by atoms with van der Waals surface area (Å²) in [5.41, 5.74) is 2.28. The monoisotopic (exact) mass is 415 g/mol. The van der Waals surface area contributed by atoms with Crippen LogP contribution >= 0.6 is 0 Å². The van der Waals surface area contributed by atoms with Crippen molar-refractivity contribution in [3.8, 4) is 28.6 Å². The molecule has 7 heteroatoms. The number of aromatic nitrogens is 2. The third kappa shape index (κ3) is 5.02. The number of carbonyl (C=O) groups excluding carboxylic acids is 1. The van der Waals surface area contributed by atoms with E-state index in [0.717, 1.165) is 5.56 Å². The summed E-state index contributed by atoms with van der Waals surface area (Å²) in [6.07, 6.45) is 0. The van der Waals surface area contributed by atoms with E-state index < -0.39 is 0 Å². The van der Waals surface area contributed by atoms with E-state index in [4.69, 9.17) is 9.47 Å². The average molecular weight is 415 g/mol. The molecule has 0 aliphatic rings. The second-order valence-corrected chi connectivity index (χ2v) is 6.58. The van der Waals surface area contributed by atoms with Crippen molar-refractivity contribution >= 4 is 11.6 Å². The highest BCUT2D eigenvalue weighted by Gasteiger charge is 2.10. The number of amides is 1. The van der Waals surface area contributed by atoms with Crippen molar-refractivity contribution in [3.05, 3.63) is 96.3 Å². The SMILES string of the molecule is COc1cccc(Oc2ccc(-c3cccc(C(=O)Nc4ccc(F)cc4)c3)nn2)c1. The van der Waals surface area contributed by atoms with Crippen molar-refractivity contribution in [1.29, 1.82) is 0 Å². The molecule has 0 atom stereocenters. The number of benzene rings is 3. The molecule has 1 amide bonds. The van der Waals surface area contributed by atoms with Gasteiger partial charge in [0.15, 0.2) is 0 Å². The van der Waals surface area contributed by atoms with E-state index in [9.17, 15) is 9.18 Å². The molecule has 4 rings (SSSR count). The lowest BCUT2D eigenvalue weighted by Crippen LogP contribution is -2.11. The lowest BCUT2D eigenvalue weighted by molar-refractivity contribution is 0.102. The molecule has 1 aromatic heterocycles. The minimum Gasteiger partial charge on any atom is -0.497 e. The maximum absolute atomic E-state index is 13.0. The van der Waals surface area contributed by atoms with Gasteiger partial charge in [-0.2, -0.15) is 0 Å². The van der Waals surface area contributed by atoms with E-state index >= 15 is 0 Å². The molecule has 0 aliphatic heterocycles. The predicted octanol–water partition coefficient (Wildman–Crippen LogP) is 5.34. The van der Waals surface area contributed by atoms with Gasteiger partial charge in [0.2, 0.25) is 5.88 Å². The summed E-state index contributed by atoms with van der Waals surface area (Å²) in [4.78, 5) is 12.5. The second-order valence-electron chi connectivity index (χ2n) is 6.58. The largest absolute Gasteiger partial charge is 0.497 e. The maximum Gasteiger partial charge on any atom is 0.255 e. The number of rotatable bonds is 6. The summed E-state index contributed by atoms with van der Waals surface area (Å²) in [5.74, 6) is 0.928. The molecule has 0 saturated carbocycles. The number of carbonyl (C=O) groups is 1. The fourth-order valence-corrected chi connectivity index (χ4v) is 2.87. The van der Waals surface area contributed by atoms with Crippen LogP contribution in [0.15, 0.2) is 84.9 Å². The Morgan fingerprint density at radius 1 is 0.871 bits per heavy atom. The fraction of sp³-hybridized carbons (Fsp3) is 0.0417. The molecule has 0 saturated heterocycles. The Kier molecular flexibility index (Phi) is 5.84. The number of methoxy groups -OCH3 is 1. The van der Waals surface area contributed by atoms with Gasteiger partial charge in [-0.3, -0.25) is 4.79 Å². The molecule has 0 radical (unpaired) electrons. The van der Waals surface area contributed by atoms with Gasteiger partial charge < -0.3 is 14.8 Å². The first-order valence-electron chi connectivity index (χ1n) is 9.44. The first-order valence-corrected chi connectivity index (χ1v) is 9.44. The summed E-state index contributed by atoms with van der Waals surface area (Å²) in [7, 11) is 1.59. The van der Waals surface area contributed by atoms with Gasteiger partial charge in [0.25, 0.3) is 5.91 Å². The number of nitrogens with zero attached hydrogens (tertiary/aromatic N) is 2. The molecule has 31 heavy (non-hydrogen) atoms. The van der Waals surface area contributed by atoms with Crippen molar-refractivity contribution in [2.75, 3.05) is 12.4 Å². The number of anilines is 1. The van der Waals surface area contributed by atoms with Gasteiger partial charge in [0, 0.05) is 28.9 Å². The van der Waals surface area contributed by atoms with Gasteiger partial charge in [0.1, 0.15) is 17.3 Å². The molecule has 3 aromatic carbocycles. The normalized spacial score (nSPS) is 10.4. The quantitative estimate of drug-likeness (QED) is 0.460. The van der Waals surface area contributed by atoms with Gasteiger partial charge in [-0.15, -0.1) is 10.2 Å². The lowest BCUT2D eigenvalue weighted by Gasteiger charge is -2.08. The van der Waals surface area contributed by atoms with E-state index in [-0.39, 0.29) is 11.7 Å². The minimum absolute atomic E-state index is 0.306. The molecule has 1 N–H and O–H groups in total. The zero-order valence-corrected chi connectivity index (χ0v) is 16.6. The standard InChI is InChI=1S/C24H18FN3O3/c1-30-20-6-3-7-21(15-20)31-23-13-12-22(27-28-23)16-4-2-5-17(14-16)24(29)26-19-10-8-18(25)9-11-19/h2-15H,1H3,(H,26,29). The van der Waals surface area contributed by atoms with Crippen LogP contribution in [-0.2, 0) is 0 Å². The first kappa shape index (κ1) is 20.0. The fourth-order valence-electron chi connectivity index (χ4n) is 2.87. The minimum atomic E-state index is -0.364. The molecule has 0 spiro atoms. The van der Waals surface area contributed by atoms with E-state index in [1.54, 1.807) is 49.6 Å². The zero-order chi connectivity index (χ0) is 21.6. The highest BCUT2D eigenvalue weighted by atomic mass is 19.1. The van der Waals surface area contributed by atoms with E-state index in [2.05, 4.69) is 15.5 Å². The van der Waals surface area contributed by atoms with Crippen LogP contribution in [0.3, 0.4) is 0 Å². The highest BCUT2D eigenvalue weighted by Crippen LogP contribution is 2.25. The Morgan fingerprint density at radius 3 is 2.39 bits per heavy atom. The Bertz CT molecular complexity index is 1200. The number of ether oxygens (including phenoxy) is 2. The predicted molar refractivity (Wildman–Crippen MR) is 115 cm³/mol. The number of hydrogen-bond donors (Lipinski definition) is 1. The molecule has 0 unspecified atom stereocenters. The molecule has 0 aliphatic carbocycles. The van der Waals surface area contributed by atoms with Gasteiger partial charge in [-0.1, -0.05) is 18.2 Å². The summed E-state index contributed by atoms with van der Waals surface area (Å²) in [5, 5.41) is 11.0. The Morgan fingerprint density at radius 2 is 1.65 bits per heavy atom. The van der Waals surface area contributed by atoms with Crippen molar-refractivity contribution in [2.24, 2.45) is 0 Å². The lowest BCUT2D eigenvalue weighted by atomic mass is 10.1. The van der Waals surface area contributed by atoms with Crippen LogP contribution in [0.25, 0.3) is 11.3 Å². The third-order valence-electron chi connectivity index (χ3n) is 4.43. The van der Waals surface area contributed by atoms with Crippen molar-refractivity contribution in [3.63, 3.8) is 0 Å². The van der Waals surface area contributed by atoms with Crippen LogP contribution in [-0.4, -0.2) is 23.2 Å². The second kappa shape index (κ2) is 9.04. The number of hydrogen-bond acceptors (Lipinski definition) is 5. The number of halogens is 1. The van der Waals surface area contributed by atoms with Crippen LogP contribution in [0.4, 0.5) is 10.1 Å². The molecule has 0 bridgehead atoms. The Balaban J connectivity index is 1.48. The van der Waals surface area contributed by atoms with E-state index in [1.807, 2.05) is 18.2 Å². The molecule has 1 heterocycles. The molecular formula is C24H18FN3O3. The van der Waals surface area contributed by atoms with Crippen LogP contribution in [0, 0.1) is 5.82 Å². The highest BCUT2D eigenvalue weighted by molar-refractivity contribution is 6.04. The van der Waals surface area contributed by atoms with E-state index in [1.165, 1.54) is 24.3 Å². The summed E-state index contributed by atoms with van der Waals surface area (Å²) in [6, 6.07) is 23.2. The summed E-state index contributed by atoms with van der Waals surface area (Å²) in [6.45, 7) is 0. The average Bonchev–Trinajstić information content (AvgIpc) is 2.81. The first-order chi connectivity index (χ1) is 15.1. The summed E-state index contributed by atoms with van der Waals surface area (Å²) < 4.78 is 23.9. The van der Waals surface area contributed by atoms with Gasteiger partial charge in [-0.25, -0.2) is 4.39 Å². The van der Waals surface area contributed by atoms with Crippen LogP contribution in [0.5, 0.6) is 17.4 Å². The molecule has 4 aromatic rings. The van der Waals surface area contributed by atoms with Crippen LogP contribution in [0.2, 0.25) is 0 Å². The van der Waals surface area contributed by atoms with Crippen molar-refractivity contribution < 1.29 is 18.7 Å². The summed E-state index contributed by atoms with van der Waals surface area (Å²) >= 11 is 0. The Labute approximate surface area is 178 Å². The van der Waals surface area contributed by atoms with Gasteiger partial charge in [0.05, 0.1) is 12.8 Å². The van der Waals surface area contributed by atoms with Crippen LogP contribution in [0.1, 0.15) is 10.4 Å². The van der Waals surface area contributed by atoms with Crippen LogP contribution < -0.4 is 14.8 Å². The van der Waals surface area contributed by atoms with Gasteiger partial charge >= 0.3 is 0 Å². The van der Waals surface area contributed by atoms with Crippen molar-refractivity contribution in [1.82, 2.24) is 10.2 Å². The Hall–Kier alpha value is -4.26. The van der Waals surface area contributed by atoms with E-state index in [0.29, 0.717) is 34.3 Å². The van der Waals surface area contributed by atoms with Crippen molar-refractivity contribution in [2.45, 2.75) is 0 Å². The molecule has 154 valence electrons.